The van der Waals surface area contributed by atoms with Crippen molar-refractivity contribution in [1.82, 2.24) is 9.97 Å². The van der Waals surface area contributed by atoms with Crippen molar-refractivity contribution in [2.24, 2.45) is 0 Å². The fourth-order valence-electron chi connectivity index (χ4n) is 2.81. The molecule has 23 heavy (non-hydrogen) atoms. The Hall–Kier alpha value is -2.62. The van der Waals surface area contributed by atoms with Gasteiger partial charge < -0.3 is 10.2 Å². The number of aryl methyl sites for hydroxylation is 1. The highest BCUT2D eigenvalue weighted by molar-refractivity contribution is 5.90. The van der Waals surface area contributed by atoms with Crippen molar-refractivity contribution in [1.29, 1.82) is 0 Å². The van der Waals surface area contributed by atoms with E-state index < -0.39 is 0 Å². The summed E-state index contributed by atoms with van der Waals surface area (Å²) in [5, 5.41) is 4.48. The number of hydrogen-bond acceptors (Lipinski definition) is 4. The van der Waals surface area contributed by atoms with Gasteiger partial charge in [0, 0.05) is 29.9 Å². The molecule has 0 radical (unpaired) electrons. The van der Waals surface area contributed by atoms with Gasteiger partial charge in [0.15, 0.2) is 0 Å². The van der Waals surface area contributed by atoms with Crippen LogP contribution < -0.4 is 10.2 Å². The van der Waals surface area contributed by atoms with Crippen LogP contribution >= 0.6 is 0 Å². The van der Waals surface area contributed by atoms with Gasteiger partial charge in [0.2, 0.25) is 0 Å². The molecule has 0 saturated carbocycles. The number of aromatic nitrogens is 2. The Kier molecular flexibility index (Phi) is 4.42. The van der Waals surface area contributed by atoms with E-state index in [2.05, 4.69) is 59.2 Å². The number of fused-ring (bicyclic) bond motifs is 1. The lowest BCUT2D eigenvalue weighted by molar-refractivity contribution is 0.866. The second-order valence-electron chi connectivity index (χ2n) is 5.54. The van der Waals surface area contributed by atoms with Gasteiger partial charge in [0.25, 0.3) is 0 Å². The number of rotatable bonds is 5. The zero-order valence-corrected chi connectivity index (χ0v) is 13.9. The van der Waals surface area contributed by atoms with Crippen LogP contribution in [0.2, 0.25) is 0 Å². The Morgan fingerprint density at radius 3 is 2.52 bits per heavy atom. The molecule has 0 aliphatic carbocycles. The molecular formula is C19H22N4. The number of benzene rings is 2. The van der Waals surface area contributed by atoms with Crippen LogP contribution in [-0.4, -0.2) is 23.1 Å². The van der Waals surface area contributed by atoms with Gasteiger partial charge in [-0.1, -0.05) is 12.1 Å². The second kappa shape index (κ2) is 6.65. The normalized spacial score (nSPS) is 10.7. The summed E-state index contributed by atoms with van der Waals surface area (Å²) in [5.41, 5.74) is 4.48. The molecule has 0 atom stereocenters. The van der Waals surface area contributed by atoms with Gasteiger partial charge in [0.1, 0.15) is 12.1 Å². The third-order valence-electron chi connectivity index (χ3n) is 4.13. The summed E-state index contributed by atoms with van der Waals surface area (Å²) in [6.45, 7) is 8.51. The van der Waals surface area contributed by atoms with E-state index in [0.717, 1.165) is 35.5 Å². The van der Waals surface area contributed by atoms with Gasteiger partial charge >= 0.3 is 0 Å². The molecule has 4 heteroatoms. The number of hydrogen-bond donors (Lipinski definition) is 1. The first-order valence-corrected chi connectivity index (χ1v) is 8.05. The maximum absolute atomic E-state index is 4.40. The van der Waals surface area contributed by atoms with Crippen molar-refractivity contribution in [3.05, 3.63) is 54.4 Å². The smallest absolute Gasteiger partial charge is 0.141 e. The quantitative estimate of drug-likeness (QED) is 0.752. The van der Waals surface area contributed by atoms with Gasteiger partial charge in [-0.15, -0.1) is 0 Å². The summed E-state index contributed by atoms with van der Waals surface area (Å²) < 4.78 is 0. The molecule has 1 heterocycles. The fourth-order valence-corrected chi connectivity index (χ4v) is 2.81. The summed E-state index contributed by atoms with van der Waals surface area (Å²) in [7, 11) is 0. The molecule has 0 saturated heterocycles. The lowest BCUT2D eigenvalue weighted by Crippen LogP contribution is -2.21. The molecule has 118 valence electrons. The molecule has 0 fully saturated rings. The molecule has 0 amide bonds. The number of nitrogens with zero attached hydrogens (tertiary/aromatic N) is 3. The molecule has 0 bridgehead atoms. The van der Waals surface area contributed by atoms with E-state index in [4.69, 9.17) is 0 Å². The fraction of sp³-hybridized carbons (Fsp3) is 0.263. The summed E-state index contributed by atoms with van der Waals surface area (Å²) in [6, 6.07) is 14.5. The number of para-hydroxylation sites is 1. The minimum Gasteiger partial charge on any atom is -0.372 e. The minimum absolute atomic E-state index is 0.842. The average Bonchev–Trinajstić information content (AvgIpc) is 2.58. The second-order valence-corrected chi connectivity index (χ2v) is 5.54. The van der Waals surface area contributed by atoms with Crippen molar-refractivity contribution >= 4 is 28.1 Å². The predicted octanol–water partition coefficient (Wildman–Crippen LogP) is 4.53. The lowest BCUT2D eigenvalue weighted by Gasteiger charge is -2.22. The number of nitrogens with one attached hydrogen (secondary N) is 1. The van der Waals surface area contributed by atoms with Crippen LogP contribution in [0.4, 0.5) is 17.2 Å². The zero-order chi connectivity index (χ0) is 16.2. The first kappa shape index (κ1) is 15.3. The van der Waals surface area contributed by atoms with Gasteiger partial charge in [-0.25, -0.2) is 9.97 Å². The molecular weight excluding hydrogens is 284 g/mol. The van der Waals surface area contributed by atoms with E-state index in [1.165, 1.54) is 11.3 Å². The van der Waals surface area contributed by atoms with Crippen LogP contribution in [0, 0.1) is 6.92 Å². The summed E-state index contributed by atoms with van der Waals surface area (Å²) in [4.78, 5) is 11.1. The molecule has 3 aromatic rings. The van der Waals surface area contributed by atoms with Crippen molar-refractivity contribution in [3.8, 4) is 0 Å². The molecule has 0 spiro atoms. The lowest BCUT2D eigenvalue weighted by atomic mass is 10.1. The van der Waals surface area contributed by atoms with Crippen LogP contribution in [0.25, 0.3) is 10.9 Å². The number of anilines is 3. The van der Waals surface area contributed by atoms with Crippen molar-refractivity contribution in [2.45, 2.75) is 20.8 Å². The zero-order valence-electron chi connectivity index (χ0n) is 13.9. The van der Waals surface area contributed by atoms with E-state index in [0.29, 0.717) is 0 Å². The Morgan fingerprint density at radius 2 is 1.78 bits per heavy atom. The molecule has 4 nitrogen and oxygen atoms in total. The Bertz CT molecular complexity index is 804. The minimum atomic E-state index is 0.842. The first-order chi connectivity index (χ1) is 11.2. The van der Waals surface area contributed by atoms with E-state index in [1.807, 2.05) is 24.3 Å². The van der Waals surface area contributed by atoms with Gasteiger partial charge in [0.05, 0.1) is 5.52 Å². The predicted molar refractivity (Wildman–Crippen MR) is 97.6 cm³/mol. The Labute approximate surface area is 137 Å². The van der Waals surface area contributed by atoms with Crippen LogP contribution in [0.3, 0.4) is 0 Å². The monoisotopic (exact) mass is 306 g/mol. The van der Waals surface area contributed by atoms with E-state index in [-0.39, 0.29) is 0 Å². The van der Waals surface area contributed by atoms with Crippen LogP contribution in [0.15, 0.2) is 48.8 Å². The SMILES string of the molecule is CCN(CC)c1ccc(Nc2ncnc3ccccc23)c(C)c1. The first-order valence-electron chi connectivity index (χ1n) is 8.05. The van der Waals surface area contributed by atoms with Gasteiger partial charge in [-0.05, 0) is 56.7 Å². The molecule has 1 N–H and O–H groups in total. The van der Waals surface area contributed by atoms with Crippen molar-refractivity contribution in [3.63, 3.8) is 0 Å². The maximum Gasteiger partial charge on any atom is 0.141 e. The molecule has 0 unspecified atom stereocenters. The molecule has 0 aliphatic rings. The van der Waals surface area contributed by atoms with E-state index >= 15 is 0 Å². The third-order valence-corrected chi connectivity index (χ3v) is 4.13. The molecule has 0 aliphatic heterocycles. The summed E-state index contributed by atoms with van der Waals surface area (Å²) in [6.07, 6.45) is 1.60. The molecule has 3 rings (SSSR count). The highest BCUT2D eigenvalue weighted by Crippen LogP contribution is 2.27. The van der Waals surface area contributed by atoms with Crippen LogP contribution in [0.1, 0.15) is 19.4 Å². The van der Waals surface area contributed by atoms with Crippen LogP contribution in [0.5, 0.6) is 0 Å². The average molecular weight is 306 g/mol. The molecule has 2 aromatic carbocycles. The summed E-state index contributed by atoms with van der Waals surface area (Å²) >= 11 is 0. The Balaban J connectivity index is 1.93. The van der Waals surface area contributed by atoms with Crippen LogP contribution in [-0.2, 0) is 0 Å². The standard InChI is InChI=1S/C19H22N4/c1-4-23(5-2)15-10-11-17(14(3)12-15)22-19-16-8-6-7-9-18(16)20-13-21-19/h6-13H,4-5H2,1-3H3,(H,20,21,22). The third kappa shape index (κ3) is 3.11. The largest absolute Gasteiger partial charge is 0.372 e. The van der Waals surface area contributed by atoms with Crippen molar-refractivity contribution < 1.29 is 0 Å². The Morgan fingerprint density at radius 1 is 1.00 bits per heavy atom. The van der Waals surface area contributed by atoms with E-state index in [9.17, 15) is 0 Å². The van der Waals surface area contributed by atoms with Gasteiger partial charge in [-0.3, -0.25) is 0 Å². The topological polar surface area (TPSA) is 41.0 Å². The molecule has 1 aromatic heterocycles. The summed E-state index contributed by atoms with van der Waals surface area (Å²) in [5.74, 6) is 0.842. The van der Waals surface area contributed by atoms with E-state index in [1.54, 1.807) is 6.33 Å². The highest BCUT2D eigenvalue weighted by Gasteiger charge is 2.08. The highest BCUT2D eigenvalue weighted by atomic mass is 15.1. The van der Waals surface area contributed by atoms with Crippen molar-refractivity contribution in [2.75, 3.05) is 23.3 Å². The van der Waals surface area contributed by atoms with Gasteiger partial charge in [-0.2, -0.15) is 0 Å². The maximum atomic E-state index is 4.40.